The first-order valence-electron chi connectivity index (χ1n) is 20.3. The van der Waals surface area contributed by atoms with Crippen LogP contribution in [0.1, 0.15) is 117 Å². The summed E-state index contributed by atoms with van der Waals surface area (Å²) in [7, 11) is 0. The highest BCUT2D eigenvalue weighted by Crippen LogP contribution is 2.46. The monoisotopic (exact) mass is 763 g/mol. The lowest BCUT2D eigenvalue weighted by Crippen LogP contribution is -2.59. The van der Waals surface area contributed by atoms with Crippen molar-refractivity contribution < 1.29 is 38.3 Å². The maximum absolute atomic E-state index is 14.6. The van der Waals surface area contributed by atoms with E-state index in [-0.39, 0.29) is 47.7 Å². The van der Waals surface area contributed by atoms with Crippen LogP contribution in [0.25, 0.3) is 0 Å². The fourth-order valence-corrected chi connectivity index (χ4v) is 8.75. The lowest BCUT2D eigenvalue weighted by Gasteiger charge is -2.36. The van der Waals surface area contributed by atoms with E-state index >= 15 is 0 Å². The Morgan fingerprint density at radius 2 is 1.55 bits per heavy atom. The maximum atomic E-state index is 14.6. The van der Waals surface area contributed by atoms with E-state index in [0.29, 0.717) is 18.0 Å². The van der Waals surface area contributed by atoms with Crippen LogP contribution in [-0.4, -0.2) is 83.0 Å². The molecule has 5 amide bonds. The van der Waals surface area contributed by atoms with Gasteiger partial charge in [-0.2, -0.15) is 0 Å². The first-order chi connectivity index (χ1) is 26.0. The number of hydrogen-bond donors (Lipinski definition) is 4. The number of nitrogens with one attached hydrogen (secondary N) is 4. The van der Waals surface area contributed by atoms with E-state index in [1.54, 1.807) is 69.9 Å². The molecule has 7 atom stereocenters. The number of ether oxygens (including phenoxy) is 1. The average molecular weight is 764 g/mol. The van der Waals surface area contributed by atoms with E-state index in [1.807, 2.05) is 0 Å². The standard InChI is InChI=1S/C42H61N5O8/c1-24(2)36(49)33(27-13-9-7-10-14-27)45-32(48)22-43-39(52)37(50)31(21-26-17-18-26)44-38(51)35-30-20-25(3)19-29(30)23-47(35)40(53)34(28-15-11-8-12-16-28)46-41(54)55-42(4,5)6/h7,9-10,13-14,24-26,28-31,33-35H,8,11-12,15-23H2,1-6H3,(H,43,52)(H,44,51)(H,45,48)(H,46,54)/t25?,29-,30-,31?,33-,34-,35-/m0/s1. The van der Waals surface area contributed by atoms with Gasteiger partial charge < -0.3 is 30.9 Å². The molecule has 3 saturated carbocycles. The van der Waals surface area contributed by atoms with Gasteiger partial charge in [0.05, 0.1) is 12.6 Å². The summed E-state index contributed by atoms with van der Waals surface area (Å²) >= 11 is 0. The van der Waals surface area contributed by atoms with E-state index in [1.165, 1.54) is 0 Å². The molecule has 13 heteroatoms. The van der Waals surface area contributed by atoms with Crippen LogP contribution < -0.4 is 21.3 Å². The number of amides is 5. The molecule has 1 heterocycles. The third kappa shape index (κ3) is 11.2. The zero-order valence-electron chi connectivity index (χ0n) is 33.4. The fraction of sp³-hybridized carbons (Fsp3) is 0.690. The van der Waals surface area contributed by atoms with Gasteiger partial charge in [-0.3, -0.25) is 28.8 Å². The number of nitrogens with zero attached hydrogens (tertiary/aromatic N) is 1. The first-order valence-corrected chi connectivity index (χ1v) is 20.3. The van der Waals surface area contributed by atoms with Crippen LogP contribution in [0.3, 0.4) is 0 Å². The first kappa shape index (κ1) is 41.9. The predicted molar refractivity (Wildman–Crippen MR) is 205 cm³/mol. The van der Waals surface area contributed by atoms with Crippen molar-refractivity contribution in [2.45, 2.75) is 136 Å². The Balaban J connectivity index is 1.29. The SMILES string of the molecule is CC1C[C@H]2CN(C(=O)[C@@H](NC(=O)OC(C)(C)C)C3CCCCC3)[C@H](C(=O)NC(CC3CC3)C(=O)C(=O)NCC(=O)N[C@H](C(=O)C(C)C)c3ccccc3)[C@H]2C1. The van der Waals surface area contributed by atoms with Gasteiger partial charge in [-0.25, -0.2) is 4.79 Å². The van der Waals surface area contributed by atoms with Gasteiger partial charge in [0.25, 0.3) is 5.91 Å². The van der Waals surface area contributed by atoms with Gasteiger partial charge in [0.2, 0.25) is 23.5 Å². The summed E-state index contributed by atoms with van der Waals surface area (Å²) in [6.45, 7) is 10.7. The normalized spacial score (nSPS) is 24.2. The fourth-order valence-electron chi connectivity index (χ4n) is 8.75. The van der Waals surface area contributed by atoms with E-state index in [4.69, 9.17) is 4.74 Å². The molecule has 55 heavy (non-hydrogen) atoms. The van der Waals surface area contributed by atoms with Gasteiger partial charge in [0.15, 0.2) is 5.78 Å². The maximum Gasteiger partial charge on any atom is 0.408 e. The molecule has 1 aromatic rings. The third-order valence-corrected chi connectivity index (χ3v) is 11.6. The number of ketones is 2. The molecule has 4 aliphatic rings. The van der Waals surface area contributed by atoms with Crippen molar-refractivity contribution in [2.24, 2.45) is 35.5 Å². The van der Waals surface area contributed by atoms with Crippen LogP contribution in [0.2, 0.25) is 0 Å². The van der Waals surface area contributed by atoms with E-state index in [9.17, 15) is 33.6 Å². The van der Waals surface area contributed by atoms with Crippen molar-refractivity contribution in [3.8, 4) is 0 Å². The smallest absolute Gasteiger partial charge is 0.408 e. The molecule has 4 N–H and O–H groups in total. The molecule has 0 bridgehead atoms. The quantitative estimate of drug-likeness (QED) is 0.190. The Kier molecular flexibility index (Phi) is 13.8. The lowest BCUT2D eigenvalue weighted by molar-refractivity contribution is -0.144. The minimum absolute atomic E-state index is 0.0879. The lowest BCUT2D eigenvalue weighted by atomic mass is 9.83. The zero-order valence-corrected chi connectivity index (χ0v) is 33.4. The number of hydrogen-bond acceptors (Lipinski definition) is 8. The number of carbonyl (C=O) groups is 7. The molecule has 4 fully saturated rings. The summed E-state index contributed by atoms with van der Waals surface area (Å²) in [4.78, 5) is 96.6. The predicted octanol–water partition coefficient (Wildman–Crippen LogP) is 4.39. The van der Waals surface area contributed by atoms with Crippen molar-refractivity contribution in [1.29, 1.82) is 0 Å². The molecule has 2 unspecified atom stereocenters. The van der Waals surface area contributed by atoms with Gasteiger partial charge in [-0.15, -0.1) is 0 Å². The number of carbonyl (C=O) groups excluding carboxylic acids is 7. The second-order valence-corrected chi connectivity index (χ2v) is 17.7. The highest BCUT2D eigenvalue weighted by Gasteiger charge is 2.53. The molecule has 3 aliphatic carbocycles. The second kappa shape index (κ2) is 18.1. The minimum Gasteiger partial charge on any atom is -0.444 e. The molecule has 0 aromatic heterocycles. The van der Waals surface area contributed by atoms with Gasteiger partial charge in [-0.1, -0.05) is 83.2 Å². The topological polar surface area (TPSA) is 180 Å². The summed E-state index contributed by atoms with van der Waals surface area (Å²) in [6, 6.07) is 5.01. The highest BCUT2D eigenvalue weighted by molar-refractivity contribution is 6.38. The van der Waals surface area contributed by atoms with Crippen molar-refractivity contribution in [3.63, 3.8) is 0 Å². The van der Waals surface area contributed by atoms with Crippen molar-refractivity contribution in [1.82, 2.24) is 26.2 Å². The Labute approximate surface area is 325 Å². The van der Waals surface area contributed by atoms with Crippen LogP contribution in [0.5, 0.6) is 0 Å². The zero-order chi connectivity index (χ0) is 40.0. The van der Waals surface area contributed by atoms with Crippen LogP contribution in [-0.2, 0) is 33.5 Å². The second-order valence-electron chi connectivity index (χ2n) is 17.7. The highest BCUT2D eigenvalue weighted by atomic mass is 16.6. The number of alkyl carbamates (subject to hydrolysis) is 1. The van der Waals surface area contributed by atoms with Crippen LogP contribution >= 0.6 is 0 Å². The van der Waals surface area contributed by atoms with Crippen LogP contribution in [0.4, 0.5) is 4.79 Å². The molecule has 13 nitrogen and oxygen atoms in total. The molecule has 1 aliphatic heterocycles. The summed E-state index contributed by atoms with van der Waals surface area (Å²) in [6.07, 6.45) is 7.39. The number of Topliss-reactive ketones (excluding diaryl/α,β-unsaturated/α-hetero) is 2. The van der Waals surface area contributed by atoms with Crippen molar-refractivity contribution in [3.05, 3.63) is 35.9 Å². The molecule has 1 aromatic carbocycles. The summed E-state index contributed by atoms with van der Waals surface area (Å²) in [5.74, 6) is -3.52. The van der Waals surface area contributed by atoms with E-state index in [2.05, 4.69) is 28.2 Å². The van der Waals surface area contributed by atoms with E-state index < -0.39 is 65.9 Å². The largest absolute Gasteiger partial charge is 0.444 e. The Bertz CT molecular complexity index is 1580. The number of rotatable bonds is 15. The number of benzene rings is 1. The van der Waals surface area contributed by atoms with Crippen molar-refractivity contribution >= 4 is 41.3 Å². The Morgan fingerprint density at radius 1 is 0.873 bits per heavy atom. The van der Waals surface area contributed by atoms with Crippen molar-refractivity contribution in [2.75, 3.05) is 13.1 Å². The number of likely N-dealkylation sites (tertiary alicyclic amines) is 1. The van der Waals surface area contributed by atoms with E-state index in [0.717, 1.165) is 57.8 Å². The molecule has 302 valence electrons. The minimum atomic E-state index is -1.15. The average Bonchev–Trinajstić information content (AvgIpc) is 3.79. The number of fused-ring (bicyclic) bond motifs is 1. The van der Waals surface area contributed by atoms with Gasteiger partial charge >= 0.3 is 6.09 Å². The summed E-state index contributed by atoms with van der Waals surface area (Å²) in [5.41, 5.74) is -0.155. The molecular formula is C42H61N5O8. The Morgan fingerprint density at radius 3 is 2.16 bits per heavy atom. The van der Waals surface area contributed by atoms with Gasteiger partial charge in [0, 0.05) is 12.5 Å². The van der Waals surface area contributed by atoms with Crippen LogP contribution in [0.15, 0.2) is 30.3 Å². The molecule has 0 radical (unpaired) electrons. The molecule has 0 spiro atoms. The molecular weight excluding hydrogens is 702 g/mol. The summed E-state index contributed by atoms with van der Waals surface area (Å²) < 4.78 is 5.56. The third-order valence-electron chi connectivity index (χ3n) is 11.6. The molecule has 1 saturated heterocycles. The van der Waals surface area contributed by atoms with Gasteiger partial charge in [0.1, 0.15) is 23.7 Å². The molecule has 5 rings (SSSR count). The summed E-state index contributed by atoms with van der Waals surface area (Å²) in [5, 5.41) is 10.8. The van der Waals surface area contributed by atoms with Gasteiger partial charge in [-0.05, 0) is 88.0 Å². The van der Waals surface area contributed by atoms with Crippen LogP contribution in [0, 0.1) is 35.5 Å². The Hall–Kier alpha value is -4.29.